The Balaban J connectivity index is 2.52. The summed E-state index contributed by atoms with van der Waals surface area (Å²) in [6.07, 6.45) is 0.279. The van der Waals surface area contributed by atoms with Crippen molar-refractivity contribution in [2.24, 2.45) is 0 Å². The van der Waals surface area contributed by atoms with Crippen LogP contribution in [0.25, 0.3) is 0 Å². The van der Waals surface area contributed by atoms with E-state index in [0.29, 0.717) is 11.4 Å². The second-order valence-corrected chi connectivity index (χ2v) is 3.90. The Morgan fingerprint density at radius 1 is 1.75 bits per heavy atom. The number of thiophene rings is 1. The molecule has 0 aliphatic carbocycles. The van der Waals surface area contributed by atoms with Gasteiger partial charge in [-0.15, -0.1) is 11.3 Å². The fourth-order valence-electron chi connectivity index (χ4n) is 0.955. The first-order valence-electron chi connectivity index (χ1n) is 3.81. The van der Waals surface area contributed by atoms with Gasteiger partial charge in [0.2, 0.25) is 0 Å². The third-order valence-corrected chi connectivity index (χ3v) is 3.07. The zero-order valence-corrected chi connectivity index (χ0v) is 8.45. The van der Waals surface area contributed by atoms with Crippen LogP contribution in [0, 0.1) is 0 Å². The van der Waals surface area contributed by atoms with Crippen LogP contribution < -0.4 is 5.32 Å². The van der Waals surface area contributed by atoms with Gasteiger partial charge in [-0.3, -0.25) is 0 Å². The van der Waals surface area contributed by atoms with Crippen molar-refractivity contribution >= 4 is 22.9 Å². The van der Waals surface area contributed by atoms with E-state index in [0.717, 1.165) is 11.4 Å². The molecule has 1 heterocycles. The first-order valence-corrected chi connectivity index (χ1v) is 5.07. The molecule has 1 atom stereocenters. The van der Waals surface area contributed by atoms with E-state index in [1.54, 1.807) is 0 Å². The third kappa shape index (κ3) is 2.45. The second-order valence-electron chi connectivity index (χ2n) is 2.54. The monoisotopic (exact) mass is 205 g/mol. The predicted octanol–water partition coefficient (Wildman–Crippen LogP) is 2.04. The zero-order valence-electron chi connectivity index (χ0n) is 6.88. The standard InChI is InChI=1S/C8H12ClNOS/c1-10-4-2-7(11)8-6(9)3-5-12-8/h3,5,7,10-11H,2,4H2,1H3/t7-/m1/s1. The third-order valence-electron chi connectivity index (χ3n) is 1.62. The molecule has 0 fully saturated rings. The average molecular weight is 206 g/mol. The smallest absolute Gasteiger partial charge is 0.0909 e. The predicted molar refractivity (Wildman–Crippen MR) is 52.8 cm³/mol. The van der Waals surface area contributed by atoms with Gasteiger partial charge < -0.3 is 10.4 Å². The van der Waals surface area contributed by atoms with Crippen molar-refractivity contribution in [2.45, 2.75) is 12.5 Å². The van der Waals surface area contributed by atoms with Gasteiger partial charge in [0.25, 0.3) is 0 Å². The van der Waals surface area contributed by atoms with E-state index in [9.17, 15) is 5.11 Å². The molecular weight excluding hydrogens is 194 g/mol. The summed E-state index contributed by atoms with van der Waals surface area (Å²) in [4.78, 5) is 0.868. The number of hydrogen-bond acceptors (Lipinski definition) is 3. The SMILES string of the molecule is CNCC[C@@H](O)c1sccc1Cl. The van der Waals surface area contributed by atoms with E-state index in [-0.39, 0.29) is 0 Å². The van der Waals surface area contributed by atoms with Crippen molar-refractivity contribution in [3.8, 4) is 0 Å². The molecule has 12 heavy (non-hydrogen) atoms. The van der Waals surface area contributed by atoms with Crippen LogP contribution in [0.15, 0.2) is 11.4 Å². The second kappa shape index (κ2) is 4.82. The number of aliphatic hydroxyl groups excluding tert-OH is 1. The van der Waals surface area contributed by atoms with Crippen molar-refractivity contribution in [2.75, 3.05) is 13.6 Å². The molecule has 2 N–H and O–H groups in total. The molecule has 1 aromatic heterocycles. The van der Waals surface area contributed by atoms with Gasteiger partial charge in [-0.05, 0) is 31.5 Å². The topological polar surface area (TPSA) is 32.3 Å². The fourth-order valence-corrected chi connectivity index (χ4v) is 2.16. The highest BCUT2D eigenvalue weighted by molar-refractivity contribution is 7.10. The highest BCUT2D eigenvalue weighted by Crippen LogP contribution is 2.29. The minimum absolute atomic E-state index is 0.426. The number of hydrogen-bond donors (Lipinski definition) is 2. The molecule has 1 rings (SSSR count). The van der Waals surface area contributed by atoms with Crippen LogP contribution in [0.4, 0.5) is 0 Å². The maximum atomic E-state index is 9.61. The molecule has 0 radical (unpaired) electrons. The van der Waals surface area contributed by atoms with Crippen LogP contribution in [0.2, 0.25) is 5.02 Å². The van der Waals surface area contributed by atoms with E-state index in [2.05, 4.69) is 5.32 Å². The molecule has 2 nitrogen and oxygen atoms in total. The van der Waals surface area contributed by atoms with Crippen LogP contribution in [0.3, 0.4) is 0 Å². The number of aliphatic hydroxyl groups is 1. The van der Waals surface area contributed by atoms with Crippen LogP contribution in [0.1, 0.15) is 17.4 Å². The first kappa shape index (κ1) is 9.99. The molecule has 4 heteroatoms. The summed E-state index contributed by atoms with van der Waals surface area (Å²) in [5.41, 5.74) is 0. The van der Waals surface area contributed by atoms with E-state index in [1.165, 1.54) is 11.3 Å². The maximum absolute atomic E-state index is 9.61. The van der Waals surface area contributed by atoms with E-state index < -0.39 is 6.10 Å². The molecule has 0 saturated heterocycles. The zero-order chi connectivity index (χ0) is 8.97. The number of nitrogens with one attached hydrogen (secondary N) is 1. The molecule has 0 amide bonds. The molecule has 0 bridgehead atoms. The Bertz CT molecular complexity index is 239. The van der Waals surface area contributed by atoms with Crippen LogP contribution >= 0.6 is 22.9 Å². The van der Waals surface area contributed by atoms with E-state index in [4.69, 9.17) is 11.6 Å². The lowest BCUT2D eigenvalue weighted by atomic mass is 10.2. The minimum atomic E-state index is -0.426. The summed E-state index contributed by atoms with van der Waals surface area (Å²) in [7, 11) is 1.86. The number of rotatable bonds is 4. The van der Waals surface area contributed by atoms with Crippen LogP contribution in [-0.2, 0) is 0 Å². The summed E-state index contributed by atoms with van der Waals surface area (Å²) in [5.74, 6) is 0. The van der Waals surface area contributed by atoms with Gasteiger partial charge in [-0.25, -0.2) is 0 Å². The highest BCUT2D eigenvalue weighted by atomic mass is 35.5. The lowest BCUT2D eigenvalue weighted by Crippen LogP contribution is -2.11. The lowest BCUT2D eigenvalue weighted by molar-refractivity contribution is 0.171. The Morgan fingerprint density at radius 3 is 3.00 bits per heavy atom. The summed E-state index contributed by atoms with van der Waals surface area (Å²) >= 11 is 7.34. The average Bonchev–Trinajstić information content (AvgIpc) is 2.47. The molecule has 0 unspecified atom stereocenters. The van der Waals surface area contributed by atoms with Crippen molar-refractivity contribution in [3.05, 3.63) is 21.3 Å². The largest absolute Gasteiger partial charge is 0.387 e. The molecule has 0 spiro atoms. The quantitative estimate of drug-likeness (QED) is 0.789. The van der Waals surface area contributed by atoms with Crippen molar-refractivity contribution < 1.29 is 5.11 Å². The van der Waals surface area contributed by atoms with Gasteiger partial charge in [0.05, 0.1) is 16.0 Å². The van der Waals surface area contributed by atoms with Gasteiger partial charge in [-0.1, -0.05) is 11.6 Å². The van der Waals surface area contributed by atoms with Crippen molar-refractivity contribution in [1.29, 1.82) is 0 Å². The highest BCUT2D eigenvalue weighted by Gasteiger charge is 2.11. The summed E-state index contributed by atoms with van der Waals surface area (Å²) < 4.78 is 0. The Morgan fingerprint density at radius 2 is 2.50 bits per heavy atom. The van der Waals surface area contributed by atoms with Gasteiger partial charge in [-0.2, -0.15) is 0 Å². The summed E-state index contributed by atoms with van der Waals surface area (Å²) in [6.45, 7) is 0.801. The molecule has 68 valence electrons. The first-order chi connectivity index (χ1) is 5.75. The Kier molecular flexibility index (Phi) is 4.01. The van der Waals surface area contributed by atoms with Gasteiger partial charge in [0.1, 0.15) is 0 Å². The number of halogens is 1. The minimum Gasteiger partial charge on any atom is -0.387 e. The van der Waals surface area contributed by atoms with Gasteiger partial charge in [0, 0.05) is 0 Å². The normalized spacial score (nSPS) is 13.2. The van der Waals surface area contributed by atoms with Gasteiger partial charge in [0.15, 0.2) is 0 Å². The molecule has 0 saturated carbocycles. The molecular formula is C8H12ClNOS. The Hall–Kier alpha value is -0.0900. The van der Waals surface area contributed by atoms with E-state index >= 15 is 0 Å². The lowest BCUT2D eigenvalue weighted by Gasteiger charge is -2.07. The summed E-state index contributed by atoms with van der Waals surface area (Å²) in [6, 6.07) is 1.81. The molecule has 0 aliphatic heterocycles. The molecule has 0 aromatic carbocycles. The van der Waals surface area contributed by atoms with Crippen LogP contribution in [0.5, 0.6) is 0 Å². The molecule has 0 aliphatic rings. The van der Waals surface area contributed by atoms with Crippen molar-refractivity contribution in [1.82, 2.24) is 5.32 Å². The van der Waals surface area contributed by atoms with E-state index in [1.807, 2.05) is 18.5 Å². The Labute approximate surface area is 81.2 Å². The summed E-state index contributed by atoms with van der Waals surface area (Å²) in [5, 5.41) is 15.1. The van der Waals surface area contributed by atoms with Crippen molar-refractivity contribution in [3.63, 3.8) is 0 Å². The maximum Gasteiger partial charge on any atom is 0.0909 e. The van der Waals surface area contributed by atoms with Gasteiger partial charge >= 0.3 is 0 Å². The fraction of sp³-hybridized carbons (Fsp3) is 0.500. The molecule has 1 aromatic rings. The van der Waals surface area contributed by atoms with Crippen LogP contribution in [-0.4, -0.2) is 18.7 Å².